The van der Waals surface area contributed by atoms with Gasteiger partial charge in [-0.1, -0.05) is 12.1 Å². The molecule has 0 saturated carbocycles. The van der Waals surface area contributed by atoms with E-state index in [0.717, 1.165) is 0 Å². The molecule has 1 rings (SSSR count). The number of carboxylic acid groups (broad SMARTS) is 2. The highest BCUT2D eigenvalue weighted by molar-refractivity contribution is 14.1. The van der Waals surface area contributed by atoms with Crippen molar-refractivity contribution >= 4 is 33.1 Å². The molecule has 6 heteroatoms. The molecule has 0 atom stereocenters. The normalized spacial score (nSPS) is 9.84. The summed E-state index contributed by atoms with van der Waals surface area (Å²) in [5.74, 6) is 0.303. The SMILES string of the molecule is C#CCc1cc(CC(=O)O)c(I=O)c(CC(=O)O)c1. The Morgan fingerprint density at radius 3 is 1.95 bits per heavy atom. The van der Waals surface area contributed by atoms with Crippen LogP contribution in [0.1, 0.15) is 16.7 Å². The minimum absolute atomic E-state index is 0.274. The molecule has 5 nitrogen and oxygen atoms in total. The molecule has 0 heterocycles. The number of terminal acetylenes is 1. The van der Waals surface area contributed by atoms with E-state index in [2.05, 4.69) is 5.92 Å². The largest absolute Gasteiger partial charge is 0.481 e. The quantitative estimate of drug-likeness (QED) is 0.583. The van der Waals surface area contributed by atoms with Crippen LogP contribution in [-0.4, -0.2) is 22.2 Å². The molecule has 0 aliphatic rings. The molecular weight excluding hydrogens is 363 g/mol. The van der Waals surface area contributed by atoms with Crippen LogP contribution in [-0.2, 0) is 31.9 Å². The fourth-order valence-electron chi connectivity index (χ4n) is 1.72. The molecule has 19 heavy (non-hydrogen) atoms. The second kappa shape index (κ2) is 6.99. The van der Waals surface area contributed by atoms with Crippen molar-refractivity contribution in [3.05, 3.63) is 32.4 Å². The van der Waals surface area contributed by atoms with Gasteiger partial charge in [-0.15, -0.1) is 12.3 Å². The summed E-state index contributed by atoms with van der Waals surface area (Å²) in [6, 6.07) is 3.18. The van der Waals surface area contributed by atoms with Crippen molar-refractivity contribution < 1.29 is 22.9 Å². The van der Waals surface area contributed by atoms with Crippen LogP contribution in [0.2, 0.25) is 0 Å². The summed E-state index contributed by atoms with van der Waals surface area (Å²) in [7, 11) is 0. The van der Waals surface area contributed by atoms with Gasteiger partial charge < -0.3 is 10.2 Å². The van der Waals surface area contributed by atoms with Gasteiger partial charge in [-0.2, -0.15) is 0 Å². The number of carbonyl (C=O) groups is 2. The van der Waals surface area contributed by atoms with E-state index in [1.807, 2.05) is 0 Å². The van der Waals surface area contributed by atoms with Crippen molar-refractivity contribution in [1.29, 1.82) is 0 Å². The molecule has 0 aliphatic carbocycles. The number of hydrogen-bond acceptors (Lipinski definition) is 3. The molecule has 0 aromatic heterocycles. The van der Waals surface area contributed by atoms with Crippen LogP contribution in [0.15, 0.2) is 12.1 Å². The zero-order valence-corrected chi connectivity index (χ0v) is 12.0. The topological polar surface area (TPSA) is 91.7 Å². The first-order valence-electron chi connectivity index (χ1n) is 5.26. The van der Waals surface area contributed by atoms with E-state index in [1.54, 1.807) is 12.1 Å². The molecule has 0 amide bonds. The Kier molecular flexibility index (Phi) is 5.63. The van der Waals surface area contributed by atoms with E-state index >= 15 is 0 Å². The Balaban J connectivity index is 3.37. The fraction of sp³-hybridized carbons (Fsp3) is 0.231. The summed E-state index contributed by atoms with van der Waals surface area (Å²) in [5, 5.41) is 17.7. The third kappa shape index (κ3) is 4.44. The van der Waals surface area contributed by atoms with Gasteiger partial charge in [-0.25, -0.2) is 0 Å². The smallest absolute Gasteiger partial charge is 0.307 e. The number of hydrogen-bond donors (Lipinski definition) is 2. The van der Waals surface area contributed by atoms with Crippen molar-refractivity contribution in [2.24, 2.45) is 0 Å². The number of carboxylic acids is 2. The van der Waals surface area contributed by atoms with E-state index < -0.39 is 33.1 Å². The lowest BCUT2D eigenvalue weighted by molar-refractivity contribution is -0.137. The molecule has 0 spiro atoms. The summed E-state index contributed by atoms with van der Waals surface area (Å²) >= 11 is -1.65. The van der Waals surface area contributed by atoms with Crippen LogP contribution in [0.25, 0.3) is 0 Å². The highest BCUT2D eigenvalue weighted by atomic mass is 127. The van der Waals surface area contributed by atoms with E-state index in [9.17, 15) is 12.7 Å². The third-order valence-electron chi connectivity index (χ3n) is 2.35. The lowest BCUT2D eigenvalue weighted by Crippen LogP contribution is -2.09. The Hall–Kier alpha value is -1.75. The Morgan fingerprint density at radius 2 is 1.63 bits per heavy atom. The van der Waals surface area contributed by atoms with Crippen molar-refractivity contribution in [1.82, 2.24) is 0 Å². The maximum atomic E-state index is 11.3. The average molecular weight is 374 g/mol. The highest BCUT2D eigenvalue weighted by Gasteiger charge is 2.15. The standard InChI is InChI=1S/C13H11IO5/c1-2-3-8-4-9(6-11(15)16)13(14-19)10(5-8)7-12(17)18/h1,4-5H,3,6-7H2,(H,15,16)(H,17,18). The van der Waals surface area contributed by atoms with Gasteiger partial charge in [-0.05, 0) is 16.7 Å². The summed E-state index contributed by atoms with van der Waals surface area (Å²) in [5.41, 5.74) is 1.44. The number of aliphatic carboxylic acids is 2. The van der Waals surface area contributed by atoms with Crippen molar-refractivity contribution in [3.63, 3.8) is 0 Å². The van der Waals surface area contributed by atoms with E-state index in [-0.39, 0.29) is 19.3 Å². The van der Waals surface area contributed by atoms with Gasteiger partial charge >= 0.3 is 11.9 Å². The molecule has 0 saturated heterocycles. The maximum absolute atomic E-state index is 11.3. The second-order valence-corrected chi connectivity index (χ2v) is 5.35. The number of halogens is 1. The zero-order valence-electron chi connectivity index (χ0n) is 9.85. The van der Waals surface area contributed by atoms with Gasteiger partial charge in [0.25, 0.3) is 0 Å². The molecule has 1 aromatic carbocycles. The van der Waals surface area contributed by atoms with Gasteiger partial charge in [0.05, 0.1) is 16.4 Å². The number of benzene rings is 1. The lowest BCUT2D eigenvalue weighted by Gasteiger charge is -2.09. The molecule has 0 radical (unpaired) electrons. The Bertz CT molecular complexity index is 534. The first kappa shape index (κ1) is 15.3. The highest BCUT2D eigenvalue weighted by Crippen LogP contribution is 2.24. The predicted octanol–water partition coefficient (Wildman–Crippen LogP) is 1.60. The minimum Gasteiger partial charge on any atom is -0.481 e. The molecule has 0 fully saturated rings. The molecule has 2 N–H and O–H groups in total. The average Bonchev–Trinajstić information content (AvgIpc) is 2.27. The molecular formula is C13H11IO5. The summed E-state index contributed by atoms with van der Waals surface area (Å²) < 4.78 is 11.6. The monoisotopic (exact) mass is 374 g/mol. The number of rotatable bonds is 6. The fourth-order valence-corrected chi connectivity index (χ4v) is 2.98. The van der Waals surface area contributed by atoms with Gasteiger partial charge in [0.15, 0.2) is 21.2 Å². The summed E-state index contributed by atoms with van der Waals surface area (Å²) in [4.78, 5) is 21.6. The first-order valence-corrected chi connectivity index (χ1v) is 7.22. The van der Waals surface area contributed by atoms with Crippen molar-refractivity contribution in [2.75, 3.05) is 0 Å². The first-order chi connectivity index (χ1) is 8.97. The van der Waals surface area contributed by atoms with E-state index in [0.29, 0.717) is 20.3 Å². The van der Waals surface area contributed by atoms with Gasteiger partial charge in [0.1, 0.15) is 0 Å². The van der Waals surface area contributed by atoms with Crippen LogP contribution in [0.4, 0.5) is 0 Å². The molecule has 1 aromatic rings. The molecule has 100 valence electrons. The van der Waals surface area contributed by atoms with Crippen LogP contribution < -0.4 is 0 Å². The van der Waals surface area contributed by atoms with E-state index in [1.165, 1.54) is 0 Å². The predicted molar refractivity (Wildman–Crippen MR) is 75.1 cm³/mol. The Labute approximate surface area is 120 Å². The third-order valence-corrected chi connectivity index (χ3v) is 4.18. The van der Waals surface area contributed by atoms with Crippen molar-refractivity contribution in [2.45, 2.75) is 19.3 Å². The maximum Gasteiger partial charge on any atom is 0.307 e. The minimum atomic E-state index is -1.65. The van der Waals surface area contributed by atoms with Gasteiger partial charge in [0.2, 0.25) is 0 Å². The molecule has 0 unspecified atom stereocenters. The zero-order chi connectivity index (χ0) is 14.4. The van der Waals surface area contributed by atoms with Crippen LogP contribution in [0.3, 0.4) is 0 Å². The summed E-state index contributed by atoms with van der Waals surface area (Å²) in [6.45, 7) is 0. The molecule has 0 aliphatic heterocycles. The Morgan fingerprint density at radius 1 is 1.16 bits per heavy atom. The molecule has 0 bridgehead atoms. The van der Waals surface area contributed by atoms with Crippen LogP contribution >= 0.6 is 21.2 Å². The lowest BCUT2D eigenvalue weighted by atomic mass is 10.00. The van der Waals surface area contributed by atoms with Gasteiger partial charge in [0, 0.05) is 6.42 Å². The van der Waals surface area contributed by atoms with Crippen LogP contribution in [0, 0.1) is 15.9 Å². The van der Waals surface area contributed by atoms with E-state index in [4.69, 9.17) is 16.6 Å². The van der Waals surface area contributed by atoms with Gasteiger partial charge in [-0.3, -0.25) is 12.7 Å². The van der Waals surface area contributed by atoms with Crippen molar-refractivity contribution in [3.8, 4) is 12.3 Å². The second-order valence-electron chi connectivity index (χ2n) is 3.83. The van der Waals surface area contributed by atoms with Crippen LogP contribution in [0.5, 0.6) is 0 Å². The summed E-state index contributed by atoms with van der Waals surface area (Å²) in [6.07, 6.45) is 4.89.